The summed E-state index contributed by atoms with van der Waals surface area (Å²) in [4.78, 5) is 17.4. The summed E-state index contributed by atoms with van der Waals surface area (Å²) < 4.78 is 20.4. The second kappa shape index (κ2) is 7.70. The normalized spacial score (nSPS) is 11.1. The van der Waals surface area contributed by atoms with Gasteiger partial charge in [0.2, 0.25) is 5.88 Å². The third-order valence-corrected chi connectivity index (χ3v) is 4.43. The minimum Gasteiger partial charge on any atom is -0.476 e. The highest BCUT2D eigenvalue weighted by Crippen LogP contribution is 2.24. The first-order valence-electron chi connectivity index (χ1n) is 9.05. The molecular formula is C20H20FN7O. The largest absolute Gasteiger partial charge is 0.476 e. The number of nitrogen functional groups attached to an aromatic ring is 2. The summed E-state index contributed by atoms with van der Waals surface area (Å²) in [5.74, 6) is 1.87. The van der Waals surface area contributed by atoms with E-state index in [4.69, 9.17) is 21.2 Å². The number of rotatable bonds is 6. The summed E-state index contributed by atoms with van der Waals surface area (Å²) in [5, 5.41) is 0. The summed E-state index contributed by atoms with van der Waals surface area (Å²) in [6.45, 7) is 2.14. The van der Waals surface area contributed by atoms with E-state index in [2.05, 4.69) is 15.0 Å². The van der Waals surface area contributed by atoms with Gasteiger partial charge in [0.1, 0.15) is 36.3 Å². The van der Waals surface area contributed by atoms with E-state index < -0.39 is 6.67 Å². The molecule has 29 heavy (non-hydrogen) atoms. The predicted octanol–water partition coefficient (Wildman–Crippen LogP) is 2.91. The highest BCUT2D eigenvalue weighted by atomic mass is 19.1. The van der Waals surface area contributed by atoms with Crippen LogP contribution in [0.25, 0.3) is 22.4 Å². The van der Waals surface area contributed by atoms with Gasteiger partial charge in [-0.3, -0.25) is 0 Å². The molecule has 0 unspecified atom stereocenters. The fraction of sp³-hybridized carbons (Fsp3) is 0.200. The van der Waals surface area contributed by atoms with Crippen molar-refractivity contribution in [2.24, 2.45) is 0 Å². The number of anilines is 2. The van der Waals surface area contributed by atoms with Gasteiger partial charge < -0.3 is 20.8 Å². The van der Waals surface area contributed by atoms with Crippen molar-refractivity contribution in [3.8, 4) is 17.1 Å². The lowest BCUT2D eigenvalue weighted by molar-refractivity contribution is 0.286. The van der Waals surface area contributed by atoms with Crippen LogP contribution in [0.2, 0.25) is 0 Å². The smallest absolute Gasteiger partial charge is 0.213 e. The third-order valence-electron chi connectivity index (χ3n) is 4.43. The molecule has 4 heterocycles. The fourth-order valence-electron chi connectivity index (χ4n) is 3.12. The van der Waals surface area contributed by atoms with Crippen molar-refractivity contribution in [3.63, 3.8) is 0 Å². The highest BCUT2D eigenvalue weighted by molar-refractivity contribution is 5.77. The van der Waals surface area contributed by atoms with Crippen LogP contribution in [0, 0.1) is 6.92 Å². The number of nitrogens with zero attached hydrogens (tertiary/aromatic N) is 5. The van der Waals surface area contributed by atoms with Gasteiger partial charge in [-0.2, -0.15) is 0 Å². The summed E-state index contributed by atoms with van der Waals surface area (Å²) in [6, 6.07) is 12.3. The average molecular weight is 393 g/mol. The van der Waals surface area contributed by atoms with Crippen LogP contribution in [0.3, 0.4) is 0 Å². The molecule has 4 rings (SSSR count). The molecule has 0 radical (unpaired) electrons. The molecule has 0 saturated heterocycles. The molecule has 4 aromatic heterocycles. The lowest BCUT2D eigenvalue weighted by Crippen LogP contribution is -2.11. The first-order chi connectivity index (χ1) is 14.0. The Bertz CT molecular complexity index is 1150. The van der Waals surface area contributed by atoms with Gasteiger partial charge in [-0.15, -0.1) is 0 Å². The number of aryl methyl sites for hydroxylation is 1. The first kappa shape index (κ1) is 18.6. The van der Waals surface area contributed by atoms with E-state index in [1.54, 1.807) is 30.3 Å². The number of hydrogen-bond acceptors (Lipinski definition) is 7. The van der Waals surface area contributed by atoms with Crippen molar-refractivity contribution in [2.75, 3.05) is 18.1 Å². The van der Waals surface area contributed by atoms with E-state index in [0.29, 0.717) is 36.4 Å². The van der Waals surface area contributed by atoms with E-state index >= 15 is 0 Å². The quantitative estimate of drug-likeness (QED) is 0.517. The number of alkyl halides is 1. The Morgan fingerprint density at radius 1 is 1.00 bits per heavy atom. The molecule has 0 bridgehead atoms. The van der Waals surface area contributed by atoms with Gasteiger partial charge in [-0.1, -0.05) is 6.07 Å². The van der Waals surface area contributed by atoms with Gasteiger partial charge in [0.05, 0.1) is 17.9 Å². The molecule has 0 aliphatic carbocycles. The molecule has 0 spiro atoms. The van der Waals surface area contributed by atoms with E-state index in [9.17, 15) is 4.39 Å². The number of ether oxygens (including phenoxy) is 1. The highest BCUT2D eigenvalue weighted by Gasteiger charge is 2.12. The maximum atomic E-state index is 12.7. The molecule has 148 valence electrons. The van der Waals surface area contributed by atoms with Gasteiger partial charge in [0.15, 0.2) is 5.65 Å². The molecule has 4 N–H and O–H groups in total. The summed E-state index contributed by atoms with van der Waals surface area (Å²) in [6.07, 6.45) is 0. The topological polar surface area (TPSA) is 118 Å². The number of hydrogen-bond donors (Lipinski definition) is 2. The van der Waals surface area contributed by atoms with Crippen LogP contribution in [0.1, 0.15) is 11.5 Å². The van der Waals surface area contributed by atoms with Gasteiger partial charge in [0.25, 0.3) is 0 Å². The van der Waals surface area contributed by atoms with Gasteiger partial charge in [-0.05, 0) is 37.3 Å². The van der Waals surface area contributed by atoms with Crippen molar-refractivity contribution in [1.82, 2.24) is 24.5 Å². The minimum atomic E-state index is -0.626. The van der Waals surface area contributed by atoms with Gasteiger partial charge in [0, 0.05) is 11.6 Å². The van der Waals surface area contributed by atoms with E-state index in [1.807, 2.05) is 23.6 Å². The Kier molecular flexibility index (Phi) is 4.94. The van der Waals surface area contributed by atoms with Crippen LogP contribution in [0.15, 0.2) is 42.5 Å². The van der Waals surface area contributed by atoms with Crippen molar-refractivity contribution < 1.29 is 9.13 Å². The van der Waals surface area contributed by atoms with Crippen LogP contribution in [-0.4, -0.2) is 31.1 Å². The zero-order valence-electron chi connectivity index (χ0n) is 15.8. The lowest BCUT2D eigenvalue weighted by Gasteiger charge is -2.09. The second-order valence-corrected chi connectivity index (χ2v) is 6.50. The standard InChI is InChI=1S/C20H20FN7O/c1-12-24-16-6-5-15(13-9-17(22)27-18(23)10-13)26-20(16)28(12)7-8-29-19-4-2-3-14(11-21)25-19/h2-6,9-10H,7-8,11H2,1H3,(H4,22,23,27). The predicted molar refractivity (Wildman–Crippen MR) is 109 cm³/mol. The van der Waals surface area contributed by atoms with Crippen LogP contribution < -0.4 is 16.2 Å². The Morgan fingerprint density at radius 3 is 2.55 bits per heavy atom. The third kappa shape index (κ3) is 3.93. The zero-order chi connectivity index (χ0) is 20.4. The number of imidazole rings is 1. The summed E-state index contributed by atoms with van der Waals surface area (Å²) >= 11 is 0. The maximum absolute atomic E-state index is 12.7. The number of aromatic nitrogens is 5. The molecule has 9 heteroatoms. The van der Waals surface area contributed by atoms with Crippen LogP contribution in [0.5, 0.6) is 5.88 Å². The molecule has 0 aromatic carbocycles. The zero-order valence-corrected chi connectivity index (χ0v) is 15.8. The van der Waals surface area contributed by atoms with E-state index in [0.717, 1.165) is 28.2 Å². The van der Waals surface area contributed by atoms with Crippen LogP contribution in [-0.2, 0) is 13.2 Å². The molecule has 0 saturated carbocycles. The molecule has 0 aliphatic heterocycles. The van der Waals surface area contributed by atoms with Crippen LogP contribution >= 0.6 is 0 Å². The number of nitrogens with two attached hydrogens (primary N) is 2. The Balaban J connectivity index is 1.59. The molecule has 0 aliphatic rings. The maximum Gasteiger partial charge on any atom is 0.213 e. The van der Waals surface area contributed by atoms with Crippen molar-refractivity contribution in [3.05, 3.63) is 54.0 Å². The first-order valence-corrected chi connectivity index (χ1v) is 9.05. The van der Waals surface area contributed by atoms with E-state index in [-0.39, 0.29) is 0 Å². The molecule has 4 aromatic rings. The molecule has 0 atom stereocenters. The average Bonchev–Trinajstić information content (AvgIpc) is 3.02. The Morgan fingerprint density at radius 2 is 1.79 bits per heavy atom. The number of fused-ring (bicyclic) bond motifs is 1. The molecule has 0 amide bonds. The Hall–Kier alpha value is -3.75. The SMILES string of the molecule is Cc1nc2ccc(-c3cc(N)nc(N)c3)nc2n1CCOc1cccc(CF)n1. The minimum absolute atomic E-state index is 0.336. The number of halogens is 1. The Labute approximate surface area is 166 Å². The fourth-order valence-corrected chi connectivity index (χ4v) is 3.12. The van der Waals surface area contributed by atoms with Crippen molar-refractivity contribution in [1.29, 1.82) is 0 Å². The van der Waals surface area contributed by atoms with E-state index in [1.165, 1.54) is 0 Å². The number of pyridine rings is 3. The second-order valence-electron chi connectivity index (χ2n) is 6.50. The lowest BCUT2D eigenvalue weighted by atomic mass is 10.1. The monoisotopic (exact) mass is 393 g/mol. The molecular weight excluding hydrogens is 373 g/mol. The van der Waals surface area contributed by atoms with Crippen LogP contribution in [0.4, 0.5) is 16.0 Å². The van der Waals surface area contributed by atoms with Gasteiger partial charge >= 0.3 is 0 Å². The van der Waals surface area contributed by atoms with Gasteiger partial charge in [-0.25, -0.2) is 24.3 Å². The van der Waals surface area contributed by atoms with Crippen molar-refractivity contribution >= 4 is 22.8 Å². The van der Waals surface area contributed by atoms with Crippen molar-refractivity contribution in [2.45, 2.75) is 20.1 Å². The molecule has 8 nitrogen and oxygen atoms in total. The summed E-state index contributed by atoms with van der Waals surface area (Å²) in [5.41, 5.74) is 15.0. The summed E-state index contributed by atoms with van der Waals surface area (Å²) in [7, 11) is 0. The molecule has 0 fully saturated rings.